The number of piperidine rings is 1. The second kappa shape index (κ2) is 9.09. The van der Waals surface area contributed by atoms with Crippen LogP contribution in [0.1, 0.15) is 53.4 Å². The number of rotatable bonds is 9. The lowest BCUT2D eigenvalue weighted by atomic mass is 9.83. The number of nitrogens with two attached hydrogens (primary N) is 1. The van der Waals surface area contributed by atoms with E-state index >= 15 is 0 Å². The van der Waals surface area contributed by atoms with Gasteiger partial charge in [-0.3, -0.25) is 4.90 Å². The van der Waals surface area contributed by atoms with E-state index in [1.807, 2.05) is 0 Å². The summed E-state index contributed by atoms with van der Waals surface area (Å²) in [7, 11) is 1.79. The average molecular weight is 300 g/mol. The molecule has 1 fully saturated rings. The van der Waals surface area contributed by atoms with Crippen LogP contribution < -0.4 is 5.73 Å². The van der Waals surface area contributed by atoms with Gasteiger partial charge < -0.3 is 15.4 Å². The number of nitrogens with zero attached hydrogens (tertiary/aromatic N) is 2. The number of ether oxygens (including phenoxy) is 1. The van der Waals surface area contributed by atoms with Crippen LogP contribution in [0.15, 0.2) is 0 Å². The van der Waals surface area contributed by atoms with Gasteiger partial charge in [-0.25, -0.2) is 0 Å². The molecule has 4 nitrogen and oxygen atoms in total. The lowest BCUT2D eigenvalue weighted by molar-refractivity contribution is -0.0246. The highest BCUT2D eigenvalue weighted by Gasteiger charge is 2.41. The normalized spacial score (nSPS) is 19.9. The lowest BCUT2D eigenvalue weighted by Crippen LogP contribution is -2.63. The molecule has 0 saturated carbocycles. The Hall–Kier alpha value is -0.160. The van der Waals surface area contributed by atoms with Crippen molar-refractivity contribution >= 4 is 0 Å². The van der Waals surface area contributed by atoms with E-state index in [4.69, 9.17) is 10.5 Å². The predicted molar refractivity (Wildman–Crippen MR) is 90.7 cm³/mol. The molecule has 21 heavy (non-hydrogen) atoms. The van der Waals surface area contributed by atoms with Crippen LogP contribution in [0, 0.1) is 0 Å². The molecule has 0 amide bonds. The van der Waals surface area contributed by atoms with Crippen LogP contribution in [0.5, 0.6) is 0 Å². The Labute approximate surface area is 132 Å². The molecule has 0 atom stereocenters. The fraction of sp³-hybridized carbons (Fsp3) is 1.00. The van der Waals surface area contributed by atoms with Crippen molar-refractivity contribution in [2.45, 2.75) is 71.0 Å². The summed E-state index contributed by atoms with van der Waals surface area (Å²) in [6, 6.07) is 1.26. The van der Waals surface area contributed by atoms with E-state index in [-0.39, 0.29) is 5.54 Å². The van der Waals surface area contributed by atoms with Crippen LogP contribution in [0.25, 0.3) is 0 Å². The summed E-state index contributed by atoms with van der Waals surface area (Å²) in [5.41, 5.74) is 6.45. The number of hydrogen-bond acceptors (Lipinski definition) is 4. The molecule has 0 aliphatic carbocycles. The predicted octanol–water partition coefficient (Wildman–Crippen LogP) is 2.33. The minimum absolute atomic E-state index is 0.167. The molecule has 0 bridgehead atoms. The average Bonchev–Trinajstić information content (AvgIpc) is 2.51. The van der Waals surface area contributed by atoms with E-state index in [1.54, 1.807) is 7.11 Å². The van der Waals surface area contributed by atoms with Crippen molar-refractivity contribution in [1.29, 1.82) is 0 Å². The van der Waals surface area contributed by atoms with Gasteiger partial charge in [-0.1, -0.05) is 13.8 Å². The summed E-state index contributed by atoms with van der Waals surface area (Å²) >= 11 is 0. The fourth-order valence-electron chi connectivity index (χ4n) is 3.79. The SMILES string of the molecule is CCC(CC)N(CCOC)C1(CN)CCN(C(C)C)CC1. The van der Waals surface area contributed by atoms with Gasteiger partial charge in [0.15, 0.2) is 0 Å². The Morgan fingerprint density at radius 3 is 2.14 bits per heavy atom. The number of likely N-dealkylation sites (tertiary alicyclic amines) is 1. The third-order valence-corrected chi connectivity index (χ3v) is 5.37. The second-order valence-corrected chi connectivity index (χ2v) is 6.71. The van der Waals surface area contributed by atoms with Crippen molar-refractivity contribution in [1.82, 2.24) is 9.80 Å². The molecule has 1 saturated heterocycles. The Kier molecular flexibility index (Phi) is 8.17. The molecule has 0 aromatic rings. The van der Waals surface area contributed by atoms with E-state index in [0.717, 1.165) is 19.7 Å². The van der Waals surface area contributed by atoms with Gasteiger partial charge in [-0.2, -0.15) is 0 Å². The van der Waals surface area contributed by atoms with Gasteiger partial charge in [0, 0.05) is 50.9 Å². The van der Waals surface area contributed by atoms with Crippen molar-refractivity contribution in [3.05, 3.63) is 0 Å². The molecule has 0 aromatic carbocycles. The van der Waals surface area contributed by atoms with E-state index in [9.17, 15) is 0 Å². The maximum atomic E-state index is 6.28. The van der Waals surface area contributed by atoms with Gasteiger partial charge in [0.2, 0.25) is 0 Å². The van der Waals surface area contributed by atoms with Crippen molar-refractivity contribution in [2.24, 2.45) is 5.73 Å². The highest BCUT2D eigenvalue weighted by atomic mass is 16.5. The van der Waals surface area contributed by atoms with Crippen molar-refractivity contribution in [3.8, 4) is 0 Å². The zero-order valence-corrected chi connectivity index (χ0v) is 14.9. The zero-order valence-electron chi connectivity index (χ0n) is 14.9. The van der Waals surface area contributed by atoms with Gasteiger partial charge in [0.05, 0.1) is 6.61 Å². The minimum Gasteiger partial charge on any atom is -0.383 e. The van der Waals surface area contributed by atoms with Crippen molar-refractivity contribution in [2.75, 3.05) is 39.9 Å². The zero-order chi connectivity index (χ0) is 15.9. The van der Waals surface area contributed by atoms with Crippen LogP contribution in [-0.4, -0.2) is 67.3 Å². The fourth-order valence-corrected chi connectivity index (χ4v) is 3.79. The molecule has 0 spiro atoms. The molecule has 0 unspecified atom stereocenters. The van der Waals surface area contributed by atoms with E-state index in [0.29, 0.717) is 12.1 Å². The summed E-state index contributed by atoms with van der Waals surface area (Å²) in [6.45, 7) is 14.1. The molecule has 2 N–H and O–H groups in total. The van der Waals surface area contributed by atoms with Gasteiger partial charge in [-0.15, -0.1) is 0 Å². The third-order valence-electron chi connectivity index (χ3n) is 5.37. The van der Waals surface area contributed by atoms with Gasteiger partial charge in [0.25, 0.3) is 0 Å². The first-order valence-corrected chi connectivity index (χ1v) is 8.74. The minimum atomic E-state index is 0.167. The molecule has 4 heteroatoms. The first kappa shape index (κ1) is 18.9. The van der Waals surface area contributed by atoms with Crippen LogP contribution in [0.4, 0.5) is 0 Å². The number of methoxy groups -OCH3 is 1. The van der Waals surface area contributed by atoms with Gasteiger partial charge in [0.1, 0.15) is 0 Å². The quantitative estimate of drug-likeness (QED) is 0.709. The summed E-state index contributed by atoms with van der Waals surface area (Å²) in [6.07, 6.45) is 4.75. The van der Waals surface area contributed by atoms with Crippen LogP contribution in [0.2, 0.25) is 0 Å². The Morgan fingerprint density at radius 2 is 1.76 bits per heavy atom. The van der Waals surface area contributed by atoms with Crippen molar-refractivity contribution < 1.29 is 4.74 Å². The van der Waals surface area contributed by atoms with Crippen LogP contribution in [0.3, 0.4) is 0 Å². The molecule has 1 heterocycles. The van der Waals surface area contributed by atoms with Crippen LogP contribution in [-0.2, 0) is 4.74 Å². The third kappa shape index (κ3) is 4.65. The number of hydrogen-bond donors (Lipinski definition) is 1. The lowest BCUT2D eigenvalue weighted by Gasteiger charge is -2.52. The van der Waals surface area contributed by atoms with E-state index < -0.39 is 0 Å². The van der Waals surface area contributed by atoms with Gasteiger partial charge >= 0.3 is 0 Å². The molecule has 0 aromatic heterocycles. The van der Waals surface area contributed by atoms with Crippen LogP contribution >= 0.6 is 0 Å². The maximum Gasteiger partial charge on any atom is 0.0590 e. The molecule has 1 rings (SSSR count). The standard InChI is InChI=1S/C17H37N3O/c1-6-16(7-2)20(12-13-21-5)17(14-18)8-10-19(11-9-17)15(3)4/h15-16H,6-14,18H2,1-5H3. The molecule has 1 aliphatic heterocycles. The molecule has 0 radical (unpaired) electrons. The Bertz CT molecular complexity index is 271. The van der Waals surface area contributed by atoms with E-state index in [1.165, 1.54) is 38.8 Å². The summed E-state index contributed by atoms with van der Waals surface area (Å²) < 4.78 is 5.36. The highest BCUT2D eigenvalue weighted by molar-refractivity contribution is 4.98. The van der Waals surface area contributed by atoms with Gasteiger partial charge in [-0.05, 0) is 39.5 Å². The second-order valence-electron chi connectivity index (χ2n) is 6.71. The molecule has 1 aliphatic rings. The van der Waals surface area contributed by atoms with E-state index in [2.05, 4.69) is 37.5 Å². The smallest absolute Gasteiger partial charge is 0.0590 e. The summed E-state index contributed by atoms with van der Waals surface area (Å²) in [4.78, 5) is 5.25. The summed E-state index contributed by atoms with van der Waals surface area (Å²) in [5.74, 6) is 0. The molecule has 126 valence electrons. The molecular formula is C17H37N3O. The Balaban J connectivity index is 2.85. The highest BCUT2D eigenvalue weighted by Crippen LogP contribution is 2.32. The Morgan fingerprint density at radius 1 is 1.19 bits per heavy atom. The topological polar surface area (TPSA) is 41.7 Å². The largest absolute Gasteiger partial charge is 0.383 e. The maximum absolute atomic E-state index is 6.28. The first-order valence-electron chi connectivity index (χ1n) is 8.74. The summed E-state index contributed by atoms with van der Waals surface area (Å²) in [5, 5.41) is 0. The van der Waals surface area contributed by atoms with Crippen molar-refractivity contribution in [3.63, 3.8) is 0 Å². The molecular weight excluding hydrogens is 262 g/mol. The monoisotopic (exact) mass is 299 g/mol. The first-order chi connectivity index (χ1) is 10.0.